The highest BCUT2D eigenvalue weighted by atomic mass is 32.2. The minimum Gasteiger partial charge on any atom is -0.497 e. The highest BCUT2D eigenvalue weighted by Gasteiger charge is 2.09. The first kappa shape index (κ1) is 17.5. The summed E-state index contributed by atoms with van der Waals surface area (Å²) >= 11 is 1.52. The fourth-order valence-electron chi connectivity index (χ4n) is 1.98. The monoisotopic (exact) mass is 326 g/mol. The zero-order chi connectivity index (χ0) is 16.3. The average molecular weight is 326 g/mol. The van der Waals surface area contributed by atoms with Gasteiger partial charge in [-0.1, -0.05) is 49.6 Å². The highest BCUT2D eigenvalue weighted by Crippen LogP contribution is 2.22. The molecule has 0 amide bonds. The van der Waals surface area contributed by atoms with Crippen LogP contribution in [0, 0.1) is 11.2 Å². The molecular formula is C20H22O2S. The average Bonchev–Trinajstić information content (AvgIpc) is 2.61. The van der Waals surface area contributed by atoms with Crippen LogP contribution in [0.15, 0.2) is 59.5 Å². The quantitative estimate of drug-likeness (QED) is 0.390. The molecule has 23 heavy (non-hydrogen) atoms. The number of benzene rings is 2. The third kappa shape index (κ3) is 6.02. The molecule has 2 aromatic carbocycles. The van der Waals surface area contributed by atoms with Crippen LogP contribution in [0.2, 0.25) is 0 Å². The van der Waals surface area contributed by atoms with Gasteiger partial charge in [0.15, 0.2) is 0 Å². The Labute approximate surface area is 143 Å². The Balaban J connectivity index is 2.07. The van der Waals surface area contributed by atoms with Crippen molar-refractivity contribution < 1.29 is 9.47 Å². The van der Waals surface area contributed by atoms with Crippen LogP contribution in [0.4, 0.5) is 0 Å². The molecule has 0 spiro atoms. The Bertz CT molecular complexity index is 626. The number of hydrogen-bond acceptors (Lipinski definition) is 3. The summed E-state index contributed by atoms with van der Waals surface area (Å²) in [6.07, 6.45) is 1.95. The van der Waals surface area contributed by atoms with Gasteiger partial charge in [-0.2, -0.15) is 0 Å². The minimum atomic E-state index is -0.205. The molecule has 3 heteroatoms. The number of methoxy groups -OCH3 is 1. The first-order valence-corrected chi connectivity index (χ1v) is 8.63. The molecule has 1 atom stereocenters. The highest BCUT2D eigenvalue weighted by molar-refractivity contribution is 8.03. The minimum absolute atomic E-state index is 0.205. The fourth-order valence-corrected chi connectivity index (χ4v) is 2.55. The summed E-state index contributed by atoms with van der Waals surface area (Å²) in [4.78, 5) is 1.14. The van der Waals surface area contributed by atoms with Crippen LogP contribution in [0.3, 0.4) is 0 Å². The number of ether oxygens (including phenoxy) is 2. The van der Waals surface area contributed by atoms with Gasteiger partial charge in [-0.05, 0) is 53.3 Å². The third-order valence-electron chi connectivity index (χ3n) is 3.30. The van der Waals surface area contributed by atoms with Gasteiger partial charge in [-0.15, -0.1) is 0 Å². The van der Waals surface area contributed by atoms with Gasteiger partial charge in [-0.3, -0.25) is 0 Å². The van der Waals surface area contributed by atoms with Gasteiger partial charge >= 0.3 is 0 Å². The Morgan fingerprint density at radius 2 is 1.78 bits per heavy atom. The molecule has 0 radical (unpaired) electrons. The van der Waals surface area contributed by atoms with Crippen molar-refractivity contribution in [2.75, 3.05) is 13.7 Å². The Morgan fingerprint density at radius 3 is 2.43 bits per heavy atom. The Hall–Kier alpha value is -1.89. The number of rotatable bonds is 7. The van der Waals surface area contributed by atoms with E-state index in [1.807, 2.05) is 42.5 Å². The van der Waals surface area contributed by atoms with Gasteiger partial charge in [0.1, 0.15) is 11.9 Å². The van der Waals surface area contributed by atoms with Crippen LogP contribution >= 0.6 is 11.8 Å². The van der Waals surface area contributed by atoms with Gasteiger partial charge < -0.3 is 9.47 Å². The second kappa shape index (κ2) is 9.99. The van der Waals surface area contributed by atoms with Crippen LogP contribution in [0.1, 0.15) is 31.4 Å². The van der Waals surface area contributed by atoms with Gasteiger partial charge in [0, 0.05) is 11.5 Å². The van der Waals surface area contributed by atoms with Crippen LogP contribution < -0.4 is 4.74 Å². The first-order chi connectivity index (χ1) is 11.3. The third-order valence-corrected chi connectivity index (χ3v) is 4.03. The van der Waals surface area contributed by atoms with E-state index in [2.05, 4.69) is 30.2 Å². The zero-order valence-electron chi connectivity index (χ0n) is 13.6. The van der Waals surface area contributed by atoms with Crippen molar-refractivity contribution >= 4 is 11.8 Å². The topological polar surface area (TPSA) is 18.5 Å². The van der Waals surface area contributed by atoms with Crippen LogP contribution in [0.25, 0.3) is 0 Å². The van der Waals surface area contributed by atoms with Crippen molar-refractivity contribution in [3.05, 3.63) is 60.2 Å². The van der Waals surface area contributed by atoms with Crippen molar-refractivity contribution in [3.63, 3.8) is 0 Å². The van der Waals surface area contributed by atoms with Crippen LogP contribution in [0.5, 0.6) is 5.75 Å². The van der Waals surface area contributed by atoms with Gasteiger partial charge in [0.05, 0.1) is 7.11 Å². The molecule has 2 nitrogen and oxygen atoms in total. The fraction of sp³-hybridized carbons (Fsp3) is 0.300. The smallest absolute Gasteiger partial charge is 0.144 e. The van der Waals surface area contributed by atoms with E-state index < -0.39 is 0 Å². The summed E-state index contributed by atoms with van der Waals surface area (Å²) in [5.74, 6) is 4.07. The predicted octanol–water partition coefficient (Wildman–Crippen LogP) is 5.31. The lowest BCUT2D eigenvalue weighted by Crippen LogP contribution is -2.03. The second-order valence-corrected chi connectivity index (χ2v) is 5.92. The maximum atomic E-state index is 5.95. The molecule has 0 bridgehead atoms. The van der Waals surface area contributed by atoms with Crippen molar-refractivity contribution in [1.29, 1.82) is 0 Å². The normalized spacial score (nSPS) is 11.4. The molecule has 0 aliphatic carbocycles. The molecule has 1 unspecified atom stereocenters. The summed E-state index contributed by atoms with van der Waals surface area (Å²) in [5, 5.41) is 3.17. The largest absolute Gasteiger partial charge is 0.497 e. The van der Waals surface area contributed by atoms with Crippen LogP contribution in [-0.4, -0.2) is 13.7 Å². The van der Waals surface area contributed by atoms with Crippen molar-refractivity contribution in [3.8, 4) is 16.9 Å². The lowest BCUT2D eigenvalue weighted by molar-refractivity contribution is 0.0893. The predicted molar refractivity (Wildman–Crippen MR) is 96.7 cm³/mol. The van der Waals surface area contributed by atoms with Crippen molar-refractivity contribution in [2.24, 2.45) is 0 Å². The van der Waals surface area contributed by atoms with E-state index in [1.54, 1.807) is 7.11 Å². The summed E-state index contributed by atoms with van der Waals surface area (Å²) in [7, 11) is 1.67. The van der Waals surface area contributed by atoms with E-state index in [9.17, 15) is 0 Å². The first-order valence-electron chi connectivity index (χ1n) is 7.81. The zero-order valence-corrected chi connectivity index (χ0v) is 14.4. The molecular weight excluding hydrogens is 304 g/mol. The molecule has 2 rings (SSSR count). The van der Waals surface area contributed by atoms with E-state index in [-0.39, 0.29) is 6.10 Å². The van der Waals surface area contributed by atoms with E-state index in [0.29, 0.717) is 0 Å². The molecule has 0 aliphatic heterocycles. The molecule has 0 aliphatic rings. The molecule has 0 saturated heterocycles. The standard InChI is InChI=1S/C20H22O2S/c1-3-4-15-22-20(17-10-12-18(21-2)13-11-17)14-16-23-19-8-6-5-7-9-19/h5-13,20H,3-4,15H2,1-2H3. The second-order valence-electron chi connectivity index (χ2n) is 5.04. The van der Waals surface area contributed by atoms with E-state index in [1.165, 1.54) is 11.8 Å². The molecule has 120 valence electrons. The number of hydrogen-bond donors (Lipinski definition) is 0. The maximum absolute atomic E-state index is 5.95. The van der Waals surface area contributed by atoms with Gasteiger partial charge in [0.25, 0.3) is 0 Å². The van der Waals surface area contributed by atoms with E-state index in [0.717, 1.165) is 35.7 Å². The Kier molecular flexibility index (Phi) is 7.59. The van der Waals surface area contributed by atoms with Gasteiger partial charge in [0.2, 0.25) is 0 Å². The summed E-state index contributed by atoms with van der Waals surface area (Å²) in [6, 6.07) is 18.1. The maximum Gasteiger partial charge on any atom is 0.144 e. The molecule has 2 aromatic rings. The number of unbranched alkanes of at least 4 members (excludes halogenated alkanes) is 1. The lowest BCUT2D eigenvalue weighted by atomic mass is 10.1. The van der Waals surface area contributed by atoms with Crippen molar-refractivity contribution in [1.82, 2.24) is 0 Å². The van der Waals surface area contributed by atoms with E-state index >= 15 is 0 Å². The summed E-state index contributed by atoms with van der Waals surface area (Å²) in [6.45, 7) is 2.88. The Morgan fingerprint density at radius 1 is 1.04 bits per heavy atom. The SMILES string of the molecule is CCCCOC(C#CSc1ccccc1)c1ccc(OC)cc1. The van der Waals surface area contributed by atoms with Crippen molar-refractivity contribution in [2.45, 2.75) is 30.8 Å². The summed E-state index contributed by atoms with van der Waals surface area (Å²) < 4.78 is 11.2. The summed E-state index contributed by atoms with van der Waals surface area (Å²) in [5.41, 5.74) is 1.06. The lowest BCUT2D eigenvalue weighted by Gasteiger charge is -2.13. The molecule has 0 aromatic heterocycles. The molecule has 0 heterocycles. The molecule has 0 N–H and O–H groups in total. The molecule has 0 saturated carbocycles. The van der Waals surface area contributed by atoms with Crippen LogP contribution in [-0.2, 0) is 4.74 Å². The molecule has 0 fully saturated rings. The van der Waals surface area contributed by atoms with Gasteiger partial charge in [-0.25, -0.2) is 0 Å². The number of thioether (sulfide) groups is 1. The van der Waals surface area contributed by atoms with E-state index in [4.69, 9.17) is 9.47 Å².